The van der Waals surface area contributed by atoms with E-state index < -0.39 is 5.60 Å². The highest BCUT2D eigenvalue weighted by molar-refractivity contribution is 5.68. The molecular weight excluding hydrogens is 269 g/mol. The number of halogens is 1. The van der Waals surface area contributed by atoms with Crippen LogP contribution in [0.25, 0.3) is 0 Å². The molecule has 116 valence electrons. The summed E-state index contributed by atoms with van der Waals surface area (Å²) in [6.45, 7) is 8.70. The molecule has 1 saturated heterocycles. The highest BCUT2D eigenvalue weighted by Crippen LogP contribution is 2.30. The maximum atomic E-state index is 14.0. The zero-order valence-electron chi connectivity index (χ0n) is 13.3. The largest absolute Gasteiger partial charge is 0.444 e. The Morgan fingerprint density at radius 2 is 1.90 bits per heavy atom. The molecule has 1 aromatic carbocycles. The minimum Gasteiger partial charge on any atom is -0.444 e. The van der Waals surface area contributed by atoms with Crippen LogP contribution in [0.1, 0.15) is 50.7 Å². The molecule has 0 unspecified atom stereocenters. The van der Waals surface area contributed by atoms with Crippen LogP contribution >= 0.6 is 0 Å². The Kier molecular flexibility index (Phi) is 4.55. The molecule has 3 nitrogen and oxygen atoms in total. The SMILES string of the molecule is Cc1ccc(C2CCN(C(=O)OC(C)(C)C)CC2)c(F)c1. The van der Waals surface area contributed by atoms with Crippen LogP contribution in [0.5, 0.6) is 0 Å². The Morgan fingerprint density at radius 1 is 1.29 bits per heavy atom. The number of carbonyl (C=O) groups excluding carboxylic acids is 1. The lowest BCUT2D eigenvalue weighted by molar-refractivity contribution is 0.0204. The first-order valence-corrected chi connectivity index (χ1v) is 7.50. The van der Waals surface area contributed by atoms with Gasteiger partial charge in [0.2, 0.25) is 0 Å². The molecule has 0 aromatic heterocycles. The Bertz CT molecular complexity index is 514. The molecule has 2 rings (SSSR count). The Morgan fingerprint density at radius 3 is 2.43 bits per heavy atom. The maximum Gasteiger partial charge on any atom is 0.410 e. The van der Waals surface area contributed by atoms with E-state index in [-0.39, 0.29) is 17.8 Å². The number of aryl methyl sites for hydroxylation is 1. The lowest BCUT2D eigenvalue weighted by atomic mass is 9.89. The summed E-state index contributed by atoms with van der Waals surface area (Å²) in [5, 5.41) is 0. The molecule has 0 spiro atoms. The van der Waals surface area contributed by atoms with Gasteiger partial charge in [-0.3, -0.25) is 0 Å². The number of hydrogen-bond donors (Lipinski definition) is 0. The average Bonchev–Trinajstić information content (AvgIpc) is 2.37. The van der Waals surface area contributed by atoms with Crippen molar-refractivity contribution in [3.05, 3.63) is 35.1 Å². The van der Waals surface area contributed by atoms with Crippen molar-refractivity contribution in [3.63, 3.8) is 0 Å². The van der Waals surface area contributed by atoms with Gasteiger partial charge in [-0.25, -0.2) is 9.18 Å². The average molecular weight is 293 g/mol. The quantitative estimate of drug-likeness (QED) is 0.774. The fraction of sp³-hybridized carbons (Fsp3) is 0.588. The van der Waals surface area contributed by atoms with Gasteiger partial charge in [-0.2, -0.15) is 0 Å². The van der Waals surface area contributed by atoms with Gasteiger partial charge in [0.05, 0.1) is 0 Å². The number of piperidine rings is 1. The van der Waals surface area contributed by atoms with Crippen molar-refractivity contribution in [2.45, 2.75) is 52.1 Å². The second-order valence-electron chi connectivity index (χ2n) is 6.77. The van der Waals surface area contributed by atoms with Gasteiger partial charge in [0.15, 0.2) is 0 Å². The van der Waals surface area contributed by atoms with Crippen LogP contribution in [0.4, 0.5) is 9.18 Å². The molecule has 1 amide bonds. The summed E-state index contributed by atoms with van der Waals surface area (Å²) in [5.74, 6) is 0.0509. The van der Waals surface area contributed by atoms with Crippen molar-refractivity contribution >= 4 is 6.09 Å². The smallest absolute Gasteiger partial charge is 0.410 e. The molecule has 1 aromatic rings. The van der Waals surface area contributed by atoms with E-state index in [1.807, 2.05) is 39.8 Å². The molecule has 1 heterocycles. The molecule has 4 heteroatoms. The molecule has 0 bridgehead atoms. The first-order valence-electron chi connectivity index (χ1n) is 7.50. The number of amides is 1. The van der Waals surface area contributed by atoms with Crippen LogP contribution in [0.3, 0.4) is 0 Å². The standard InChI is InChI=1S/C17H24FNO2/c1-12-5-6-14(15(18)11-12)13-7-9-19(10-8-13)16(20)21-17(2,3)4/h5-6,11,13H,7-10H2,1-4H3. The maximum absolute atomic E-state index is 14.0. The van der Waals surface area contributed by atoms with Gasteiger partial charge < -0.3 is 9.64 Å². The Labute approximate surface area is 126 Å². The van der Waals surface area contributed by atoms with Crippen molar-refractivity contribution in [1.82, 2.24) is 4.90 Å². The second-order valence-corrected chi connectivity index (χ2v) is 6.77. The van der Waals surface area contributed by atoms with Crippen LogP contribution in [-0.2, 0) is 4.74 Å². The predicted octanol–water partition coefficient (Wildman–Crippen LogP) is 4.25. The van der Waals surface area contributed by atoms with Crippen LogP contribution in [-0.4, -0.2) is 29.7 Å². The van der Waals surface area contributed by atoms with Crippen LogP contribution < -0.4 is 0 Å². The van der Waals surface area contributed by atoms with Gasteiger partial charge >= 0.3 is 6.09 Å². The molecule has 1 aliphatic rings. The van der Waals surface area contributed by atoms with E-state index in [2.05, 4.69) is 0 Å². The normalized spacial score (nSPS) is 16.9. The monoisotopic (exact) mass is 293 g/mol. The first kappa shape index (κ1) is 15.8. The second kappa shape index (κ2) is 6.04. The fourth-order valence-electron chi connectivity index (χ4n) is 2.66. The van der Waals surface area contributed by atoms with Crippen molar-refractivity contribution < 1.29 is 13.9 Å². The van der Waals surface area contributed by atoms with Crippen molar-refractivity contribution in [1.29, 1.82) is 0 Å². The highest BCUT2D eigenvalue weighted by Gasteiger charge is 2.28. The summed E-state index contributed by atoms with van der Waals surface area (Å²) in [7, 11) is 0. The fourth-order valence-corrected chi connectivity index (χ4v) is 2.66. The van der Waals surface area contributed by atoms with E-state index in [9.17, 15) is 9.18 Å². The summed E-state index contributed by atoms with van der Waals surface area (Å²) >= 11 is 0. The van der Waals surface area contributed by atoms with Gasteiger partial charge in [-0.05, 0) is 63.6 Å². The molecule has 1 aliphatic heterocycles. The Balaban J connectivity index is 1.95. The molecule has 0 atom stereocenters. The number of carbonyl (C=O) groups is 1. The molecule has 21 heavy (non-hydrogen) atoms. The predicted molar refractivity (Wildman–Crippen MR) is 80.9 cm³/mol. The minimum atomic E-state index is -0.475. The minimum absolute atomic E-state index is 0.134. The van der Waals surface area contributed by atoms with E-state index in [0.717, 1.165) is 24.0 Å². The Hall–Kier alpha value is -1.58. The molecular formula is C17H24FNO2. The van der Waals surface area contributed by atoms with Gasteiger partial charge in [0.25, 0.3) is 0 Å². The van der Waals surface area contributed by atoms with Crippen LogP contribution in [0.2, 0.25) is 0 Å². The number of rotatable bonds is 1. The lowest BCUT2D eigenvalue weighted by Crippen LogP contribution is -2.41. The number of hydrogen-bond acceptors (Lipinski definition) is 2. The molecule has 1 fully saturated rings. The highest BCUT2D eigenvalue weighted by atomic mass is 19.1. The number of likely N-dealkylation sites (tertiary alicyclic amines) is 1. The summed E-state index contributed by atoms with van der Waals surface area (Å²) in [4.78, 5) is 13.7. The zero-order valence-corrected chi connectivity index (χ0v) is 13.3. The van der Waals surface area contributed by atoms with E-state index in [0.29, 0.717) is 13.1 Å². The third-order valence-electron chi connectivity index (χ3n) is 3.74. The lowest BCUT2D eigenvalue weighted by Gasteiger charge is -2.33. The van der Waals surface area contributed by atoms with Crippen molar-refractivity contribution in [2.24, 2.45) is 0 Å². The summed E-state index contributed by atoms with van der Waals surface area (Å²) in [5.41, 5.74) is 1.23. The van der Waals surface area contributed by atoms with Crippen molar-refractivity contribution in [2.75, 3.05) is 13.1 Å². The van der Waals surface area contributed by atoms with Gasteiger partial charge in [0.1, 0.15) is 11.4 Å². The number of nitrogens with zero attached hydrogens (tertiary/aromatic N) is 1. The molecule has 0 saturated carbocycles. The topological polar surface area (TPSA) is 29.5 Å². The third kappa shape index (κ3) is 4.19. The zero-order chi connectivity index (χ0) is 15.6. The van der Waals surface area contributed by atoms with Gasteiger partial charge in [0, 0.05) is 13.1 Å². The van der Waals surface area contributed by atoms with Crippen LogP contribution in [0.15, 0.2) is 18.2 Å². The number of ether oxygens (including phenoxy) is 1. The van der Waals surface area contributed by atoms with E-state index in [1.54, 1.807) is 11.0 Å². The first-order chi connectivity index (χ1) is 9.76. The summed E-state index contributed by atoms with van der Waals surface area (Å²) in [6, 6.07) is 5.40. The molecule has 0 N–H and O–H groups in total. The van der Waals surface area contributed by atoms with Crippen LogP contribution in [0, 0.1) is 12.7 Å². The van der Waals surface area contributed by atoms with Gasteiger partial charge in [-0.15, -0.1) is 0 Å². The summed E-state index contributed by atoms with van der Waals surface area (Å²) < 4.78 is 19.4. The molecule has 0 aliphatic carbocycles. The van der Waals surface area contributed by atoms with Crippen molar-refractivity contribution in [3.8, 4) is 0 Å². The van der Waals surface area contributed by atoms with E-state index >= 15 is 0 Å². The summed E-state index contributed by atoms with van der Waals surface area (Å²) in [6.07, 6.45) is 1.28. The third-order valence-corrected chi connectivity index (χ3v) is 3.74. The molecule has 0 radical (unpaired) electrons. The van der Waals surface area contributed by atoms with E-state index in [1.165, 1.54) is 0 Å². The number of benzene rings is 1. The van der Waals surface area contributed by atoms with E-state index in [4.69, 9.17) is 4.74 Å². The van der Waals surface area contributed by atoms with Gasteiger partial charge in [-0.1, -0.05) is 12.1 Å².